The first-order valence-electron chi connectivity index (χ1n) is 10.7. The van der Waals surface area contributed by atoms with E-state index in [1.54, 1.807) is 0 Å². The summed E-state index contributed by atoms with van der Waals surface area (Å²) in [6, 6.07) is 46.0. The van der Waals surface area contributed by atoms with Gasteiger partial charge in [-0.15, -0.1) is 23.2 Å². The summed E-state index contributed by atoms with van der Waals surface area (Å²) in [5.74, 6) is 0. The number of hydrogen-bond donors (Lipinski definition) is 0. The van der Waals surface area contributed by atoms with Gasteiger partial charge in [0.2, 0.25) is 0 Å². The summed E-state index contributed by atoms with van der Waals surface area (Å²) in [7, 11) is 1.28. The van der Waals surface area contributed by atoms with Crippen molar-refractivity contribution >= 4 is 66.8 Å². The van der Waals surface area contributed by atoms with Gasteiger partial charge in [0.25, 0.3) is 0 Å². The second kappa shape index (κ2) is 144. The first-order chi connectivity index (χ1) is 23.9. The summed E-state index contributed by atoms with van der Waals surface area (Å²) < 4.78 is 75.0. The van der Waals surface area contributed by atoms with Crippen molar-refractivity contribution in [1.82, 2.24) is 0 Å². The Morgan fingerprint density at radius 3 is 0.635 bits per heavy atom. The van der Waals surface area contributed by atoms with Crippen LogP contribution in [0, 0.1) is 78.6 Å². The molecular weight excluding hydrogens is 1370 g/mol. The van der Waals surface area contributed by atoms with Gasteiger partial charge in [-0.2, -0.15) is 72.8 Å². The van der Waals surface area contributed by atoms with Crippen LogP contribution in [-0.2, 0) is 106 Å². The molecule has 17 heteroatoms. The molecule has 4 aromatic rings. The van der Waals surface area contributed by atoms with E-state index in [2.05, 4.69) is 127 Å². The molecule has 0 bridgehead atoms. The third kappa shape index (κ3) is 118. The fourth-order valence-corrected chi connectivity index (χ4v) is 2.78. The molecule has 270 valence electrons. The van der Waals surface area contributed by atoms with Crippen LogP contribution < -0.4 is 10.6 Å². The zero-order chi connectivity index (χ0) is 40.1. The number of rotatable bonds is 2. The summed E-state index contributed by atoms with van der Waals surface area (Å²) in [6.07, 6.45) is 0. The average Bonchev–Trinajstić information content (AvgIpc) is 3.25. The Balaban J connectivity index is -0.0000000273. The summed E-state index contributed by atoms with van der Waals surface area (Å²) in [5, 5.41) is 2.88. The monoisotopic (exact) mass is 1400 g/mol. The van der Waals surface area contributed by atoms with E-state index in [1.807, 2.05) is 72.8 Å². The second-order valence-corrected chi connectivity index (χ2v) is 7.10. The van der Waals surface area contributed by atoms with Gasteiger partial charge in [-0.3, -0.25) is 0 Å². The first-order valence-corrected chi connectivity index (χ1v) is 12.6. The fraction of sp³-hybridized carbons (Fsp3) is 0.0286. The molecule has 0 aromatic heterocycles. The van der Waals surface area contributed by atoms with Crippen LogP contribution in [0.2, 0.25) is 0 Å². The molecule has 0 atom stereocenters. The SMILES string of the molecule is ClCCl.[C-]#[O+].[C-]#[O+].[C-]#[O+].[C-]#[O+].[C-]#[O+].[C-]#[O+].[C-]#[O+].[C-]#[O+].[C-]#[O+].[C-]#[O+].[Os+].[Os+].[Os+].[Sb].[c-]1ccccc1.[c-]1ccccc1.c1ccc([P-]c2ccccc2)cc1. The van der Waals surface area contributed by atoms with Crippen LogP contribution in [0.3, 0.4) is 0 Å². The number of halogens is 2. The molecule has 4 rings (SSSR count). The van der Waals surface area contributed by atoms with Gasteiger partial charge >= 0.3 is 172 Å². The van der Waals surface area contributed by atoms with Crippen LogP contribution in [0.1, 0.15) is 0 Å². The Morgan fingerprint density at radius 1 is 0.365 bits per heavy atom. The van der Waals surface area contributed by atoms with Crippen molar-refractivity contribution in [2.75, 3.05) is 5.34 Å². The van der Waals surface area contributed by atoms with Crippen LogP contribution in [0.4, 0.5) is 0 Å². The van der Waals surface area contributed by atoms with E-state index in [0.29, 0.717) is 0 Å². The molecule has 0 amide bonds. The van der Waals surface area contributed by atoms with Gasteiger partial charge in [0.15, 0.2) is 0 Å². The second-order valence-electron chi connectivity index (χ2n) is 5.04. The first kappa shape index (κ1) is 92.6. The van der Waals surface area contributed by atoms with Gasteiger partial charge < -0.3 is 8.58 Å². The van der Waals surface area contributed by atoms with E-state index in [4.69, 9.17) is 69.7 Å². The van der Waals surface area contributed by atoms with Crippen LogP contribution in [0.25, 0.3) is 0 Å². The zero-order valence-electron chi connectivity index (χ0n) is 26.0. The standard InChI is InChI=1S/C12H10P.2C6H5.CH2Cl2.10CO.3Os.Sb/c1-3-7-11(8-4-1)13-12-9-5-2-6-10-12;2*1-2-4-6-5-3-1;2-1-3;10*1-2;;;;/h1-10H;2*1-5H;1H2;;;;;;;;;;;;;;/q3*-1;;;;;;;;;;;;3*+1;. The predicted molar refractivity (Wildman–Crippen MR) is 171 cm³/mol. The van der Waals surface area contributed by atoms with Crippen molar-refractivity contribution < 1.29 is 106 Å². The smallest absolute Gasteiger partial charge is 0.472 e. The van der Waals surface area contributed by atoms with E-state index in [9.17, 15) is 0 Å². The molecule has 0 N–H and O–H groups in total. The van der Waals surface area contributed by atoms with Crippen LogP contribution >= 0.6 is 31.8 Å². The third-order valence-corrected chi connectivity index (χ3v) is 4.10. The maximum absolute atomic E-state index is 7.50. The Hall–Kier alpha value is -1.98. The van der Waals surface area contributed by atoms with E-state index < -0.39 is 0 Å². The van der Waals surface area contributed by atoms with Gasteiger partial charge in [0.1, 0.15) is 0 Å². The van der Waals surface area contributed by atoms with Crippen LogP contribution in [0.15, 0.2) is 121 Å². The molecule has 0 heterocycles. The van der Waals surface area contributed by atoms with E-state index in [0.717, 1.165) is 0 Å². The third-order valence-electron chi connectivity index (χ3n) is 2.98. The topological polar surface area (TPSA) is 199 Å². The normalized spacial score (nSPS) is 5.04. The molecule has 0 saturated carbocycles. The van der Waals surface area contributed by atoms with Crippen molar-refractivity contribution in [3.05, 3.63) is 200 Å². The van der Waals surface area contributed by atoms with Gasteiger partial charge in [0, 0.05) is 24.4 Å². The number of benzene rings is 4. The number of alkyl halides is 2. The van der Waals surface area contributed by atoms with Gasteiger partial charge in [-0.05, 0) is 0 Å². The maximum Gasteiger partial charge on any atom is 1.00 e. The average molecular weight is 1400 g/mol. The van der Waals surface area contributed by atoms with Crippen LogP contribution in [0.5, 0.6) is 0 Å². The Kier molecular flexibility index (Phi) is 256. The molecule has 4 aromatic carbocycles. The molecular formula is C35H22Cl2O10Os3PSb. The molecule has 0 aliphatic rings. The van der Waals surface area contributed by atoms with Crippen molar-refractivity contribution in [3.63, 3.8) is 0 Å². The van der Waals surface area contributed by atoms with Crippen molar-refractivity contribution in [3.8, 4) is 0 Å². The maximum atomic E-state index is 7.50. The van der Waals surface area contributed by atoms with Crippen molar-refractivity contribution in [1.29, 1.82) is 0 Å². The van der Waals surface area contributed by atoms with Crippen molar-refractivity contribution in [2.24, 2.45) is 0 Å². The predicted octanol–water partition coefficient (Wildman–Crippen LogP) is 6.22. The van der Waals surface area contributed by atoms with E-state index in [-0.39, 0.29) is 89.1 Å². The molecule has 0 saturated heterocycles. The summed E-state index contributed by atoms with van der Waals surface area (Å²) >= 11 is 9.53. The molecule has 52 heavy (non-hydrogen) atoms. The zero-order valence-corrected chi connectivity index (χ0v) is 38.6. The van der Waals surface area contributed by atoms with Gasteiger partial charge in [-0.25, -0.2) is 10.6 Å². The molecule has 10 nitrogen and oxygen atoms in total. The summed E-state index contributed by atoms with van der Waals surface area (Å²) in [4.78, 5) is 0. The largest absolute Gasteiger partial charge is 1.00 e. The minimum Gasteiger partial charge on any atom is -0.472 e. The molecule has 6 radical (unpaired) electrons. The Labute approximate surface area is 374 Å². The van der Waals surface area contributed by atoms with Crippen molar-refractivity contribution in [2.45, 2.75) is 0 Å². The van der Waals surface area contributed by atoms with E-state index >= 15 is 0 Å². The molecule has 0 aliphatic carbocycles. The van der Waals surface area contributed by atoms with Gasteiger partial charge in [-0.1, -0.05) is 60.7 Å². The molecule has 0 fully saturated rings. The number of hydrogen-bond acceptors (Lipinski definition) is 0. The molecule has 0 spiro atoms. The Morgan fingerprint density at radius 2 is 0.519 bits per heavy atom. The minimum atomic E-state index is 0. The molecule has 0 unspecified atom stereocenters. The Bertz CT molecular complexity index is 1040. The van der Waals surface area contributed by atoms with Crippen LogP contribution in [-0.4, -0.2) is 29.8 Å². The summed E-state index contributed by atoms with van der Waals surface area (Å²) in [5.41, 5.74) is 0. The van der Waals surface area contributed by atoms with E-state index in [1.165, 1.54) is 19.2 Å². The van der Waals surface area contributed by atoms with Gasteiger partial charge in [0.05, 0.1) is 5.34 Å². The fourth-order valence-electron chi connectivity index (χ4n) is 1.84. The summed E-state index contributed by atoms with van der Waals surface area (Å²) in [6.45, 7) is 45.0. The molecule has 0 aliphatic heterocycles. The minimum absolute atomic E-state index is 0. The quantitative estimate of drug-likeness (QED) is 0.0724.